The fourth-order valence-electron chi connectivity index (χ4n) is 4.07. The highest BCUT2D eigenvalue weighted by Crippen LogP contribution is 2.15. The summed E-state index contributed by atoms with van der Waals surface area (Å²) in [5, 5.41) is 2.92. The molecule has 3 heterocycles. The number of rotatable bonds is 6. The Morgan fingerprint density at radius 2 is 1.73 bits per heavy atom. The van der Waals surface area contributed by atoms with Gasteiger partial charge in [-0.1, -0.05) is 30.3 Å². The van der Waals surface area contributed by atoms with Gasteiger partial charge in [-0.3, -0.25) is 14.5 Å². The maximum Gasteiger partial charge on any atom is 0.237 e. The molecule has 1 aromatic carbocycles. The van der Waals surface area contributed by atoms with Gasteiger partial charge in [-0.05, 0) is 18.1 Å². The third-order valence-corrected chi connectivity index (χ3v) is 5.81. The SMILES string of the molecule is O=C1NCCN(CCc2ccccc2)C1CC(=O)N1CCN(c2ncccn2)CC1. The number of aromatic nitrogens is 2. The van der Waals surface area contributed by atoms with Crippen LogP contribution in [0.3, 0.4) is 0 Å². The highest BCUT2D eigenvalue weighted by molar-refractivity contribution is 5.89. The van der Waals surface area contributed by atoms with Gasteiger partial charge in [0.25, 0.3) is 0 Å². The summed E-state index contributed by atoms with van der Waals surface area (Å²) in [5.41, 5.74) is 1.24. The molecule has 0 bridgehead atoms. The van der Waals surface area contributed by atoms with E-state index >= 15 is 0 Å². The highest BCUT2D eigenvalue weighted by Gasteiger charge is 2.33. The van der Waals surface area contributed by atoms with Gasteiger partial charge in [0, 0.05) is 58.2 Å². The van der Waals surface area contributed by atoms with Crippen LogP contribution in [0.5, 0.6) is 0 Å². The smallest absolute Gasteiger partial charge is 0.237 e. The van der Waals surface area contributed by atoms with Crippen LogP contribution in [0, 0.1) is 0 Å². The average molecular weight is 409 g/mol. The lowest BCUT2D eigenvalue weighted by atomic mass is 10.1. The van der Waals surface area contributed by atoms with E-state index in [9.17, 15) is 9.59 Å². The van der Waals surface area contributed by atoms with Gasteiger partial charge >= 0.3 is 0 Å². The molecule has 158 valence electrons. The molecule has 2 saturated heterocycles. The van der Waals surface area contributed by atoms with E-state index in [2.05, 4.69) is 37.2 Å². The van der Waals surface area contributed by atoms with Crippen LogP contribution in [0.1, 0.15) is 12.0 Å². The molecular weight excluding hydrogens is 380 g/mol. The van der Waals surface area contributed by atoms with Crippen LogP contribution in [0.25, 0.3) is 0 Å². The molecule has 8 heteroatoms. The quantitative estimate of drug-likeness (QED) is 0.752. The molecule has 2 aliphatic rings. The maximum atomic E-state index is 12.9. The van der Waals surface area contributed by atoms with Gasteiger partial charge in [0.15, 0.2) is 0 Å². The van der Waals surface area contributed by atoms with Crippen LogP contribution in [0.2, 0.25) is 0 Å². The number of benzene rings is 1. The molecule has 1 atom stereocenters. The summed E-state index contributed by atoms with van der Waals surface area (Å²) in [7, 11) is 0. The Morgan fingerprint density at radius 1 is 1.00 bits per heavy atom. The van der Waals surface area contributed by atoms with Gasteiger partial charge in [-0.25, -0.2) is 9.97 Å². The zero-order valence-corrected chi connectivity index (χ0v) is 17.1. The average Bonchev–Trinajstić information content (AvgIpc) is 2.81. The molecule has 0 spiro atoms. The lowest BCUT2D eigenvalue weighted by Gasteiger charge is -2.38. The monoisotopic (exact) mass is 408 g/mol. The molecule has 1 aromatic heterocycles. The van der Waals surface area contributed by atoms with Crippen molar-refractivity contribution in [1.82, 2.24) is 25.1 Å². The van der Waals surface area contributed by atoms with Gasteiger partial charge in [-0.15, -0.1) is 0 Å². The number of amides is 2. The fraction of sp³-hybridized carbons (Fsp3) is 0.455. The van der Waals surface area contributed by atoms with Crippen molar-refractivity contribution in [3.8, 4) is 0 Å². The molecule has 1 N–H and O–H groups in total. The van der Waals surface area contributed by atoms with E-state index in [-0.39, 0.29) is 18.2 Å². The predicted octanol–water partition coefficient (Wildman–Crippen LogP) is 0.558. The Hall–Kier alpha value is -3.00. The van der Waals surface area contributed by atoms with E-state index < -0.39 is 6.04 Å². The molecule has 2 aromatic rings. The molecule has 0 aliphatic carbocycles. The summed E-state index contributed by atoms with van der Waals surface area (Å²) in [5.74, 6) is 0.692. The minimum Gasteiger partial charge on any atom is -0.353 e. The molecule has 4 rings (SSSR count). The van der Waals surface area contributed by atoms with E-state index in [1.54, 1.807) is 18.5 Å². The lowest BCUT2D eigenvalue weighted by Crippen LogP contribution is -2.58. The third-order valence-electron chi connectivity index (χ3n) is 5.81. The summed E-state index contributed by atoms with van der Waals surface area (Å²) in [6.45, 7) is 4.82. The first kappa shape index (κ1) is 20.3. The van der Waals surface area contributed by atoms with Crippen LogP contribution in [-0.2, 0) is 16.0 Å². The summed E-state index contributed by atoms with van der Waals surface area (Å²) < 4.78 is 0. The molecule has 0 saturated carbocycles. The second kappa shape index (κ2) is 9.67. The number of carbonyl (C=O) groups is 2. The van der Waals surface area contributed by atoms with Crippen molar-refractivity contribution in [3.05, 3.63) is 54.4 Å². The van der Waals surface area contributed by atoms with E-state index in [1.165, 1.54) is 5.56 Å². The molecule has 2 aliphatic heterocycles. The minimum absolute atomic E-state index is 0.0374. The van der Waals surface area contributed by atoms with Crippen LogP contribution < -0.4 is 10.2 Å². The van der Waals surface area contributed by atoms with Gasteiger partial charge in [0.2, 0.25) is 17.8 Å². The summed E-state index contributed by atoms with van der Waals surface area (Å²) >= 11 is 0. The van der Waals surface area contributed by atoms with E-state index in [0.29, 0.717) is 38.7 Å². The maximum absolute atomic E-state index is 12.9. The number of piperazine rings is 2. The Labute approximate surface area is 176 Å². The number of hydrogen-bond donors (Lipinski definition) is 1. The van der Waals surface area contributed by atoms with Crippen LogP contribution in [-0.4, -0.2) is 83.4 Å². The van der Waals surface area contributed by atoms with Crippen LogP contribution in [0.15, 0.2) is 48.8 Å². The van der Waals surface area contributed by atoms with Gasteiger partial charge in [-0.2, -0.15) is 0 Å². The van der Waals surface area contributed by atoms with Crippen molar-refractivity contribution < 1.29 is 9.59 Å². The normalized spacial score (nSPS) is 20.1. The standard InChI is InChI=1S/C22H28N6O2/c29-20(27-13-15-28(16-14-27)22-24-8-4-9-25-22)17-19-21(30)23-10-12-26(19)11-7-18-5-2-1-3-6-18/h1-6,8-9,19H,7,10-17H2,(H,23,30). The first-order valence-electron chi connectivity index (χ1n) is 10.6. The van der Waals surface area contributed by atoms with Crippen molar-refractivity contribution in [2.45, 2.75) is 18.9 Å². The van der Waals surface area contributed by atoms with Crippen molar-refractivity contribution in [2.75, 3.05) is 50.7 Å². The first-order valence-corrected chi connectivity index (χ1v) is 10.6. The van der Waals surface area contributed by atoms with Crippen molar-refractivity contribution in [1.29, 1.82) is 0 Å². The predicted molar refractivity (Wildman–Crippen MR) is 114 cm³/mol. The summed E-state index contributed by atoms with van der Waals surface area (Å²) in [4.78, 5) is 40.1. The number of carbonyl (C=O) groups excluding carboxylic acids is 2. The topological polar surface area (TPSA) is 81.7 Å². The summed E-state index contributed by atoms with van der Waals surface area (Å²) in [6, 6.07) is 11.6. The second-order valence-electron chi connectivity index (χ2n) is 7.70. The highest BCUT2D eigenvalue weighted by atomic mass is 16.2. The number of hydrogen-bond acceptors (Lipinski definition) is 6. The molecule has 30 heavy (non-hydrogen) atoms. The van der Waals surface area contributed by atoms with Gasteiger partial charge < -0.3 is 15.1 Å². The zero-order chi connectivity index (χ0) is 20.8. The van der Waals surface area contributed by atoms with E-state index in [0.717, 1.165) is 19.5 Å². The molecular formula is C22H28N6O2. The largest absolute Gasteiger partial charge is 0.353 e. The molecule has 0 radical (unpaired) electrons. The molecule has 1 unspecified atom stereocenters. The Balaban J connectivity index is 1.32. The van der Waals surface area contributed by atoms with Crippen molar-refractivity contribution in [2.24, 2.45) is 0 Å². The Morgan fingerprint density at radius 3 is 2.47 bits per heavy atom. The Bertz CT molecular complexity index is 839. The van der Waals surface area contributed by atoms with E-state index in [1.807, 2.05) is 23.1 Å². The molecule has 2 amide bonds. The fourth-order valence-corrected chi connectivity index (χ4v) is 4.07. The van der Waals surface area contributed by atoms with Gasteiger partial charge in [0.1, 0.15) is 0 Å². The summed E-state index contributed by atoms with van der Waals surface area (Å²) in [6.07, 6.45) is 4.55. The number of nitrogens with zero attached hydrogens (tertiary/aromatic N) is 5. The third kappa shape index (κ3) is 4.94. The van der Waals surface area contributed by atoms with Crippen molar-refractivity contribution >= 4 is 17.8 Å². The molecule has 2 fully saturated rings. The van der Waals surface area contributed by atoms with E-state index in [4.69, 9.17) is 0 Å². The number of anilines is 1. The van der Waals surface area contributed by atoms with Crippen molar-refractivity contribution in [3.63, 3.8) is 0 Å². The van der Waals surface area contributed by atoms with Gasteiger partial charge in [0.05, 0.1) is 12.5 Å². The Kier molecular flexibility index (Phi) is 6.53. The molecule has 8 nitrogen and oxygen atoms in total. The lowest BCUT2D eigenvalue weighted by molar-refractivity contribution is -0.139. The number of nitrogens with one attached hydrogen (secondary N) is 1. The second-order valence-corrected chi connectivity index (χ2v) is 7.70. The van der Waals surface area contributed by atoms with Crippen LogP contribution >= 0.6 is 0 Å². The zero-order valence-electron chi connectivity index (χ0n) is 17.1. The van der Waals surface area contributed by atoms with Crippen LogP contribution in [0.4, 0.5) is 5.95 Å². The minimum atomic E-state index is -0.398. The first-order chi connectivity index (χ1) is 14.7.